The second-order valence-electron chi connectivity index (χ2n) is 5.04. The number of methoxy groups -OCH3 is 2. The minimum atomic E-state index is -0.832. The normalized spacial score (nSPS) is 11.6. The molecule has 8 nitrogen and oxygen atoms in total. The van der Waals surface area contributed by atoms with E-state index in [-0.39, 0.29) is 6.79 Å². The molecule has 1 aliphatic rings. The molecule has 0 aliphatic carbocycles. The lowest BCUT2D eigenvalue weighted by molar-refractivity contribution is -0.133. The van der Waals surface area contributed by atoms with Crippen LogP contribution in [0.3, 0.4) is 0 Å². The summed E-state index contributed by atoms with van der Waals surface area (Å²) >= 11 is 0. The second-order valence-corrected chi connectivity index (χ2v) is 5.04. The maximum absolute atomic E-state index is 12.1. The maximum atomic E-state index is 12.1. The molecule has 2 amide bonds. The molecule has 0 atom stereocenters. The van der Waals surface area contributed by atoms with E-state index in [4.69, 9.17) is 18.9 Å². The first-order valence-corrected chi connectivity index (χ1v) is 7.34. The Balaban J connectivity index is 1.68. The molecular weight excluding hydrogens is 328 g/mol. The molecule has 0 fully saturated rings. The molecule has 0 radical (unpaired) electrons. The van der Waals surface area contributed by atoms with Gasteiger partial charge in [-0.25, -0.2) is 0 Å². The van der Waals surface area contributed by atoms with Gasteiger partial charge in [0.05, 0.1) is 19.9 Å². The number of benzene rings is 2. The van der Waals surface area contributed by atoms with Gasteiger partial charge in [0.25, 0.3) is 0 Å². The Hall–Kier alpha value is -3.42. The van der Waals surface area contributed by atoms with Crippen molar-refractivity contribution in [2.75, 3.05) is 31.6 Å². The summed E-state index contributed by atoms with van der Waals surface area (Å²) in [7, 11) is 2.98. The van der Waals surface area contributed by atoms with Crippen LogP contribution in [-0.4, -0.2) is 32.8 Å². The van der Waals surface area contributed by atoms with Crippen molar-refractivity contribution in [2.45, 2.75) is 0 Å². The number of rotatable bonds is 4. The van der Waals surface area contributed by atoms with Gasteiger partial charge >= 0.3 is 11.8 Å². The minimum Gasteiger partial charge on any atom is -0.497 e. The van der Waals surface area contributed by atoms with Gasteiger partial charge in [0.1, 0.15) is 11.5 Å². The molecule has 1 aliphatic heterocycles. The predicted molar refractivity (Wildman–Crippen MR) is 89.4 cm³/mol. The topological polar surface area (TPSA) is 95.1 Å². The molecule has 0 bridgehead atoms. The number of ether oxygens (including phenoxy) is 4. The smallest absolute Gasteiger partial charge is 0.314 e. The summed E-state index contributed by atoms with van der Waals surface area (Å²) in [4.78, 5) is 24.2. The third kappa shape index (κ3) is 3.57. The third-order valence-corrected chi connectivity index (χ3v) is 3.49. The van der Waals surface area contributed by atoms with E-state index in [1.807, 2.05) is 0 Å². The van der Waals surface area contributed by atoms with Crippen molar-refractivity contribution in [1.82, 2.24) is 0 Å². The zero-order valence-electron chi connectivity index (χ0n) is 13.6. The van der Waals surface area contributed by atoms with Gasteiger partial charge in [-0.2, -0.15) is 0 Å². The summed E-state index contributed by atoms with van der Waals surface area (Å²) in [5.41, 5.74) is 0.778. The predicted octanol–water partition coefficient (Wildman–Crippen LogP) is 2.01. The summed E-state index contributed by atoms with van der Waals surface area (Å²) < 4.78 is 20.7. The van der Waals surface area contributed by atoms with Crippen molar-refractivity contribution in [1.29, 1.82) is 0 Å². The molecule has 0 saturated carbocycles. The fraction of sp³-hybridized carbons (Fsp3) is 0.176. The van der Waals surface area contributed by atoms with Crippen LogP contribution < -0.4 is 29.6 Å². The lowest BCUT2D eigenvalue weighted by Crippen LogP contribution is -2.29. The monoisotopic (exact) mass is 344 g/mol. The Morgan fingerprint density at radius 3 is 2.44 bits per heavy atom. The standard InChI is InChI=1S/C17H16N2O6/c1-22-11-4-5-12(14(8-11)23-2)19-17(21)16(20)18-10-3-6-13-15(7-10)25-9-24-13/h3-8H,9H2,1-2H3,(H,18,20)(H,19,21). The van der Waals surface area contributed by atoms with E-state index in [1.54, 1.807) is 36.4 Å². The van der Waals surface area contributed by atoms with Gasteiger partial charge in [-0.05, 0) is 24.3 Å². The molecule has 0 spiro atoms. The van der Waals surface area contributed by atoms with Crippen molar-refractivity contribution >= 4 is 23.2 Å². The third-order valence-electron chi connectivity index (χ3n) is 3.49. The molecule has 130 valence electrons. The summed E-state index contributed by atoms with van der Waals surface area (Å²) in [6.45, 7) is 0.129. The minimum absolute atomic E-state index is 0.129. The molecule has 0 saturated heterocycles. The van der Waals surface area contributed by atoms with E-state index in [1.165, 1.54) is 14.2 Å². The van der Waals surface area contributed by atoms with Gasteiger partial charge in [-0.1, -0.05) is 0 Å². The molecule has 0 unspecified atom stereocenters. The van der Waals surface area contributed by atoms with Crippen molar-refractivity contribution in [3.8, 4) is 23.0 Å². The van der Waals surface area contributed by atoms with Crippen molar-refractivity contribution in [3.63, 3.8) is 0 Å². The first-order chi connectivity index (χ1) is 12.1. The zero-order valence-corrected chi connectivity index (χ0v) is 13.6. The van der Waals surface area contributed by atoms with E-state index in [2.05, 4.69) is 10.6 Å². The average molecular weight is 344 g/mol. The van der Waals surface area contributed by atoms with Crippen LogP contribution in [0.4, 0.5) is 11.4 Å². The number of carbonyl (C=O) groups is 2. The zero-order chi connectivity index (χ0) is 17.8. The largest absolute Gasteiger partial charge is 0.497 e. The summed E-state index contributed by atoms with van der Waals surface area (Å²) in [6.07, 6.45) is 0. The summed E-state index contributed by atoms with van der Waals surface area (Å²) in [5.74, 6) is 0.390. The van der Waals surface area contributed by atoms with Gasteiger partial charge in [0.2, 0.25) is 6.79 Å². The van der Waals surface area contributed by atoms with E-state index in [0.717, 1.165) is 0 Å². The van der Waals surface area contributed by atoms with Gasteiger partial charge in [-0.15, -0.1) is 0 Å². The van der Waals surface area contributed by atoms with Crippen LogP contribution >= 0.6 is 0 Å². The van der Waals surface area contributed by atoms with E-state index in [0.29, 0.717) is 34.4 Å². The lowest BCUT2D eigenvalue weighted by Gasteiger charge is -2.11. The SMILES string of the molecule is COc1ccc(NC(=O)C(=O)Nc2ccc3c(c2)OCO3)c(OC)c1. The summed E-state index contributed by atoms with van der Waals surface area (Å²) in [5, 5.41) is 5.00. The summed E-state index contributed by atoms with van der Waals surface area (Å²) in [6, 6.07) is 9.69. The van der Waals surface area contributed by atoms with E-state index in [9.17, 15) is 9.59 Å². The molecule has 25 heavy (non-hydrogen) atoms. The van der Waals surface area contributed by atoms with Crippen LogP contribution in [0, 0.1) is 0 Å². The van der Waals surface area contributed by atoms with Crippen LogP contribution in [0.5, 0.6) is 23.0 Å². The van der Waals surface area contributed by atoms with Crippen molar-refractivity contribution in [3.05, 3.63) is 36.4 Å². The maximum Gasteiger partial charge on any atom is 0.314 e. The molecule has 3 rings (SSSR count). The molecule has 0 aromatic heterocycles. The number of nitrogens with one attached hydrogen (secondary N) is 2. The highest BCUT2D eigenvalue weighted by Crippen LogP contribution is 2.34. The Morgan fingerprint density at radius 1 is 0.920 bits per heavy atom. The fourth-order valence-corrected chi connectivity index (χ4v) is 2.24. The molecule has 2 aromatic carbocycles. The van der Waals surface area contributed by atoms with Crippen LogP contribution in [0.25, 0.3) is 0 Å². The first-order valence-electron chi connectivity index (χ1n) is 7.34. The van der Waals surface area contributed by atoms with Gasteiger partial charge in [-0.3, -0.25) is 9.59 Å². The average Bonchev–Trinajstić information content (AvgIpc) is 3.09. The Kier molecular flexibility index (Phi) is 4.60. The molecule has 8 heteroatoms. The number of hydrogen-bond acceptors (Lipinski definition) is 6. The van der Waals surface area contributed by atoms with Crippen LogP contribution in [0.15, 0.2) is 36.4 Å². The van der Waals surface area contributed by atoms with Crippen LogP contribution in [0.1, 0.15) is 0 Å². The number of hydrogen-bond donors (Lipinski definition) is 2. The van der Waals surface area contributed by atoms with E-state index < -0.39 is 11.8 Å². The number of anilines is 2. The Bertz CT molecular complexity index is 821. The first kappa shape index (κ1) is 16.4. The highest BCUT2D eigenvalue weighted by molar-refractivity contribution is 6.43. The van der Waals surface area contributed by atoms with Gasteiger partial charge in [0.15, 0.2) is 11.5 Å². The van der Waals surface area contributed by atoms with Crippen LogP contribution in [-0.2, 0) is 9.59 Å². The molecule has 2 aromatic rings. The van der Waals surface area contributed by atoms with E-state index >= 15 is 0 Å². The Labute approximate surface area is 143 Å². The molecule has 2 N–H and O–H groups in total. The van der Waals surface area contributed by atoms with Gasteiger partial charge < -0.3 is 29.6 Å². The second kappa shape index (κ2) is 7.00. The molecule has 1 heterocycles. The Morgan fingerprint density at radius 2 is 1.68 bits per heavy atom. The van der Waals surface area contributed by atoms with Crippen molar-refractivity contribution in [2.24, 2.45) is 0 Å². The highest BCUT2D eigenvalue weighted by atomic mass is 16.7. The van der Waals surface area contributed by atoms with Crippen molar-refractivity contribution < 1.29 is 28.5 Å². The lowest BCUT2D eigenvalue weighted by atomic mass is 10.2. The highest BCUT2D eigenvalue weighted by Gasteiger charge is 2.19. The quantitative estimate of drug-likeness (QED) is 0.824. The fourth-order valence-electron chi connectivity index (χ4n) is 2.24. The number of amides is 2. The van der Waals surface area contributed by atoms with Crippen LogP contribution in [0.2, 0.25) is 0 Å². The number of carbonyl (C=O) groups excluding carboxylic acids is 2. The number of fused-ring (bicyclic) bond motifs is 1. The van der Waals surface area contributed by atoms with Gasteiger partial charge in [0, 0.05) is 17.8 Å². The molecular formula is C17H16N2O6.